The van der Waals surface area contributed by atoms with Gasteiger partial charge in [0.05, 0.1) is 0 Å². The maximum atomic E-state index is 12.5. The van der Waals surface area contributed by atoms with E-state index < -0.39 is 0 Å². The Kier molecular flexibility index (Phi) is 5.74. The summed E-state index contributed by atoms with van der Waals surface area (Å²) in [5, 5.41) is 0. The smallest absolute Gasteiger partial charge is 0.119 e. The minimum absolute atomic E-state index is 0.166. The molecule has 0 aliphatic carbocycles. The van der Waals surface area contributed by atoms with E-state index in [0.29, 0.717) is 6.42 Å². The second-order valence-electron chi connectivity index (χ2n) is 1.89. The first-order chi connectivity index (χ1) is 4.81. The molecule has 0 radical (unpaired) electrons. The van der Waals surface area contributed by atoms with Gasteiger partial charge in [0.2, 0.25) is 0 Å². The summed E-state index contributed by atoms with van der Waals surface area (Å²) in [4.78, 5) is 0. The number of rotatable bonds is 3. The molecule has 0 saturated heterocycles. The molecule has 1 heteroatoms. The molecule has 0 atom stereocenters. The normalized spacial score (nSPS) is 13.7. The van der Waals surface area contributed by atoms with Gasteiger partial charge in [0, 0.05) is 0 Å². The van der Waals surface area contributed by atoms with Crippen molar-refractivity contribution < 1.29 is 4.39 Å². The van der Waals surface area contributed by atoms with Gasteiger partial charge in [0.25, 0.3) is 0 Å². The fourth-order valence-corrected chi connectivity index (χ4v) is 0.544. The molecule has 0 aliphatic rings. The monoisotopic (exact) mass is 140 g/mol. The Hall–Kier alpha value is -0.850. The Morgan fingerprint density at radius 1 is 1.30 bits per heavy atom. The molecule has 0 spiro atoms. The molecular weight excluding hydrogens is 127 g/mol. The summed E-state index contributed by atoms with van der Waals surface area (Å²) in [5.41, 5.74) is 0. The molecule has 0 heterocycles. The Bertz CT molecular complexity index is 152. The average Bonchev–Trinajstić information content (AvgIpc) is 1.89. The van der Waals surface area contributed by atoms with E-state index in [9.17, 15) is 4.39 Å². The third-order valence-electron chi connectivity index (χ3n) is 1.01. The van der Waals surface area contributed by atoms with Crippen LogP contribution in [0.4, 0.5) is 4.39 Å². The van der Waals surface area contributed by atoms with Crippen molar-refractivity contribution in [1.29, 1.82) is 0 Å². The van der Waals surface area contributed by atoms with Crippen LogP contribution in [0.5, 0.6) is 0 Å². The van der Waals surface area contributed by atoms with E-state index >= 15 is 0 Å². The summed E-state index contributed by atoms with van der Waals surface area (Å²) < 4.78 is 12.5. The quantitative estimate of drug-likeness (QED) is 0.416. The van der Waals surface area contributed by atoms with Crippen LogP contribution >= 0.6 is 0 Å². The van der Waals surface area contributed by atoms with Gasteiger partial charge >= 0.3 is 0 Å². The molecule has 0 nitrogen and oxygen atoms in total. The molecule has 0 aromatic heterocycles. The predicted molar refractivity (Wildman–Crippen MR) is 43.4 cm³/mol. The molecule has 0 bridgehead atoms. The van der Waals surface area contributed by atoms with E-state index in [1.54, 1.807) is 19.1 Å². The number of hydrogen-bond donors (Lipinski definition) is 0. The fraction of sp³-hybridized carbons (Fsp3) is 0.333. The molecular formula is C9H13F. The van der Waals surface area contributed by atoms with E-state index in [0.717, 1.165) is 0 Å². The molecule has 0 aliphatic heterocycles. The summed E-state index contributed by atoms with van der Waals surface area (Å²) in [6.07, 6.45) is 9.15. The van der Waals surface area contributed by atoms with Gasteiger partial charge in [-0.1, -0.05) is 18.2 Å². The number of hydrogen-bond acceptors (Lipinski definition) is 0. The van der Waals surface area contributed by atoms with E-state index in [1.165, 1.54) is 6.08 Å². The molecule has 0 aromatic carbocycles. The number of allylic oxidation sites excluding steroid dienone is 6. The van der Waals surface area contributed by atoms with Gasteiger partial charge in [0.1, 0.15) is 5.83 Å². The Balaban J connectivity index is 3.68. The van der Waals surface area contributed by atoms with Crippen molar-refractivity contribution in [2.45, 2.75) is 20.3 Å². The lowest BCUT2D eigenvalue weighted by Crippen LogP contribution is -1.64. The molecule has 0 rings (SSSR count). The van der Waals surface area contributed by atoms with Crippen molar-refractivity contribution in [3.63, 3.8) is 0 Å². The highest BCUT2D eigenvalue weighted by molar-refractivity contribution is 5.11. The van der Waals surface area contributed by atoms with Gasteiger partial charge in [-0.2, -0.15) is 0 Å². The molecule has 0 fully saturated rings. The zero-order valence-electron chi connectivity index (χ0n) is 6.47. The van der Waals surface area contributed by atoms with Crippen LogP contribution < -0.4 is 0 Å². The minimum Gasteiger partial charge on any atom is -0.207 e. The van der Waals surface area contributed by atoms with Gasteiger partial charge in [-0.05, 0) is 32.4 Å². The predicted octanol–water partition coefficient (Wildman–Crippen LogP) is 3.38. The van der Waals surface area contributed by atoms with Crippen LogP contribution in [0, 0.1) is 0 Å². The Morgan fingerprint density at radius 3 is 2.50 bits per heavy atom. The molecule has 0 aromatic rings. The zero-order chi connectivity index (χ0) is 7.82. The first-order valence-electron chi connectivity index (χ1n) is 3.40. The highest BCUT2D eigenvalue weighted by Crippen LogP contribution is 2.00. The molecule has 0 N–H and O–H groups in total. The minimum atomic E-state index is -0.166. The van der Waals surface area contributed by atoms with Crippen molar-refractivity contribution in [3.8, 4) is 0 Å². The summed E-state index contributed by atoms with van der Waals surface area (Å²) in [5.74, 6) is -0.166. The van der Waals surface area contributed by atoms with Crippen LogP contribution in [-0.4, -0.2) is 0 Å². The lowest BCUT2D eigenvalue weighted by molar-refractivity contribution is 0.662. The van der Waals surface area contributed by atoms with Gasteiger partial charge in [0.15, 0.2) is 0 Å². The van der Waals surface area contributed by atoms with Crippen molar-refractivity contribution in [1.82, 2.24) is 0 Å². The van der Waals surface area contributed by atoms with Crippen molar-refractivity contribution in [3.05, 3.63) is 36.2 Å². The Morgan fingerprint density at radius 2 is 2.00 bits per heavy atom. The van der Waals surface area contributed by atoms with Crippen LogP contribution in [0.3, 0.4) is 0 Å². The molecule has 0 amide bonds. The van der Waals surface area contributed by atoms with Crippen LogP contribution in [0.25, 0.3) is 0 Å². The second-order valence-corrected chi connectivity index (χ2v) is 1.89. The van der Waals surface area contributed by atoms with Crippen molar-refractivity contribution in [2.24, 2.45) is 0 Å². The van der Waals surface area contributed by atoms with Gasteiger partial charge in [-0.3, -0.25) is 0 Å². The van der Waals surface area contributed by atoms with E-state index in [4.69, 9.17) is 0 Å². The van der Waals surface area contributed by atoms with Crippen LogP contribution in [0.15, 0.2) is 36.2 Å². The van der Waals surface area contributed by atoms with Gasteiger partial charge in [-0.25, -0.2) is 4.39 Å². The third-order valence-corrected chi connectivity index (χ3v) is 1.01. The van der Waals surface area contributed by atoms with Crippen LogP contribution in [0.1, 0.15) is 20.3 Å². The van der Waals surface area contributed by atoms with Crippen LogP contribution in [-0.2, 0) is 0 Å². The molecule has 0 saturated carbocycles. The maximum Gasteiger partial charge on any atom is 0.119 e. The molecule has 56 valence electrons. The average molecular weight is 140 g/mol. The lowest BCUT2D eigenvalue weighted by atomic mass is 10.3. The second kappa shape index (κ2) is 6.27. The Labute approximate surface area is 61.8 Å². The molecule has 0 unspecified atom stereocenters. The summed E-state index contributed by atoms with van der Waals surface area (Å²) in [7, 11) is 0. The van der Waals surface area contributed by atoms with Crippen molar-refractivity contribution >= 4 is 0 Å². The van der Waals surface area contributed by atoms with E-state index in [2.05, 4.69) is 0 Å². The highest BCUT2D eigenvalue weighted by atomic mass is 19.1. The highest BCUT2D eigenvalue weighted by Gasteiger charge is 1.81. The van der Waals surface area contributed by atoms with Gasteiger partial charge < -0.3 is 0 Å². The van der Waals surface area contributed by atoms with Gasteiger partial charge in [-0.15, -0.1) is 0 Å². The third kappa shape index (κ3) is 5.29. The SMILES string of the molecule is C/C=C\C(F)=C\C/C=C/C. The fourth-order valence-electron chi connectivity index (χ4n) is 0.544. The first kappa shape index (κ1) is 9.15. The topological polar surface area (TPSA) is 0 Å². The van der Waals surface area contributed by atoms with Crippen molar-refractivity contribution in [2.75, 3.05) is 0 Å². The van der Waals surface area contributed by atoms with E-state index in [-0.39, 0.29) is 5.83 Å². The lowest BCUT2D eigenvalue weighted by Gasteiger charge is -1.83. The largest absolute Gasteiger partial charge is 0.207 e. The summed E-state index contributed by atoms with van der Waals surface area (Å²) >= 11 is 0. The molecule has 10 heavy (non-hydrogen) atoms. The van der Waals surface area contributed by atoms with E-state index in [1.807, 2.05) is 19.1 Å². The zero-order valence-corrected chi connectivity index (χ0v) is 6.47. The standard InChI is InChI=1S/C9H13F/c1-3-5-6-8-9(10)7-4-2/h3-5,7-8H,6H2,1-2H3/b5-3+,7-4-,9-8-. The first-order valence-corrected chi connectivity index (χ1v) is 3.40. The number of halogens is 1. The maximum absolute atomic E-state index is 12.5. The van der Waals surface area contributed by atoms with Crippen LogP contribution in [0.2, 0.25) is 0 Å². The summed E-state index contributed by atoms with van der Waals surface area (Å²) in [6, 6.07) is 0. The summed E-state index contributed by atoms with van der Waals surface area (Å²) in [6.45, 7) is 3.71.